The Morgan fingerprint density at radius 1 is 1.24 bits per heavy atom. The lowest BCUT2D eigenvalue weighted by atomic mass is 9.99. The summed E-state index contributed by atoms with van der Waals surface area (Å²) in [5.74, 6) is 1.02. The molecule has 1 rings (SSSR count). The van der Waals surface area contributed by atoms with Gasteiger partial charge < -0.3 is 10.5 Å². The molecule has 120 valence electrons. The van der Waals surface area contributed by atoms with E-state index in [1.165, 1.54) is 11.8 Å². The quantitative estimate of drug-likeness (QED) is 0.748. The van der Waals surface area contributed by atoms with Crippen LogP contribution in [0.3, 0.4) is 0 Å². The molecule has 0 heterocycles. The molecule has 0 aliphatic rings. The maximum atomic E-state index is 11.1. The average molecular weight is 313 g/mol. The van der Waals surface area contributed by atoms with Crippen LogP contribution >= 0.6 is 0 Å². The number of ether oxygens (including phenoxy) is 1. The van der Waals surface area contributed by atoms with E-state index in [2.05, 4.69) is 19.1 Å². The molecule has 2 N–H and O–H groups in total. The van der Waals surface area contributed by atoms with Gasteiger partial charge in [0.25, 0.3) is 0 Å². The summed E-state index contributed by atoms with van der Waals surface area (Å²) in [6, 6.07) is 4.40. The molecule has 0 radical (unpaired) electrons. The zero-order valence-electron chi connectivity index (χ0n) is 13.5. The molecule has 1 aromatic carbocycles. The van der Waals surface area contributed by atoms with Gasteiger partial charge in [-0.1, -0.05) is 19.1 Å². The lowest BCUT2D eigenvalue weighted by Gasteiger charge is -2.15. The first-order chi connectivity index (χ1) is 9.73. The van der Waals surface area contributed by atoms with Crippen LogP contribution in [0.4, 0.5) is 0 Å². The fraction of sp³-hybridized carbons (Fsp3) is 0.625. The van der Waals surface area contributed by atoms with E-state index >= 15 is 0 Å². The van der Waals surface area contributed by atoms with E-state index in [1.807, 2.05) is 13.8 Å². The van der Waals surface area contributed by atoms with Crippen LogP contribution in [0, 0.1) is 13.8 Å². The molecule has 4 nitrogen and oxygen atoms in total. The first-order valence-corrected chi connectivity index (χ1v) is 9.45. The standard InChI is InChI=1S/C16H27NO3S/c1-5-15(17)11-14-9-12(2)16(13(3)10-14)20-7-6-8-21(4,18)19/h9-10,15H,5-8,11,17H2,1-4H3. The Morgan fingerprint density at radius 2 is 1.81 bits per heavy atom. The van der Waals surface area contributed by atoms with Gasteiger partial charge in [0.15, 0.2) is 0 Å². The average Bonchev–Trinajstić information content (AvgIpc) is 2.35. The predicted molar refractivity (Wildman–Crippen MR) is 87.7 cm³/mol. The smallest absolute Gasteiger partial charge is 0.147 e. The highest BCUT2D eigenvalue weighted by atomic mass is 32.2. The van der Waals surface area contributed by atoms with E-state index in [4.69, 9.17) is 10.5 Å². The highest BCUT2D eigenvalue weighted by molar-refractivity contribution is 7.90. The molecular weight excluding hydrogens is 286 g/mol. The maximum Gasteiger partial charge on any atom is 0.147 e. The van der Waals surface area contributed by atoms with Gasteiger partial charge in [-0.2, -0.15) is 0 Å². The van der Waals surface area contributed by atoms with Crippen molar-refractivity contribution >= 4 is 9.84 Å². The number of aryl methyl sites for hydroxylation is 2. The van der Waals surface area contributed by atoms with Crippen molar-refractivity contribution in [3.05, 3.63) is 28.8 Å². The van der Waals surface area contributed by atoms with Gasteiger partial charge in [-0.15, -0.1) is 0 Å². The van der Waals surface area contributed by atoms with Gasteiger partial charge in [-0.3, -0.25) is 0 Å². The summed E-state index contributed by atoms with van der Waals surface area (Å²) in [7, 11) is -2.92. The molecule has 21 heavy (non-hydrogen) atoms. The van der Waals surface area contributed by atoms with Gasteiger partial charge in [0.2, 0.25) is 0 Å². The third-order valence-corrected chi connectivity index (χ3v) is 4.48. The molecule has 5 heteroatoms. The molecular formula is C16H27NO3S. The van der Waals surface area contributed by atoms with Crippen molar-refractivity contribution < 1.29 is 13.2 Å². The van der Waals surface area contributed by atoms with Crippen LogP contribution in [0.1, 0.15) is 36.5 Å². The van der Waals surface area contributed by atoms with Crippen molar-refractivity contribution in [2.75, 3.05) is 18.6 Å². The van der Waals surface area contributed by atoms with Crippen molar-refractivity contribution in [3.8, 4) is 5.75 Å². The predicted octanol–water partition coefficient (Wildman–Crippen LogP) is 2.40. The van der Waals surface area contributed by atoms with Crippen molar-refractivity contribution in [1.29, 1.82) is 0 Å². The Kier molecular flexibility index (Phi) is 6.68. The third-order valence-electron chi connectivity index (χ3n) is 3.45. The molecule has 0 aromatic heterocycles. The largest absolute Gasteiger partial charge is 0.493 e. The minimum Gasteiger partial charge on any atom is -0.493 e. The zero-order chi connectivity index (χ0) is 16.0. The number of sulfone groups is 1. The summed E-state index contributed by atoms with van der Waals surface area (Å²) in [5.41, 5.74) is 9.37. The van der Waals surface area contributed by atoms with E-state index in [1.54, 1.807) is 0 Å². The Balaban J connectivity index is 2.67. The summed E-state index contributed by atoms with van der Waals surface area (Å²) in [5, 5.41) is 0. The SMILES string of the molecule is CCC(N)Cc1cc(C)c(OCCCS(C)(=O)=O)c(C)c1. The Hall–Kier alpha value is -1.07. The number of rotatable bonds is 8. The fourth-order valence-corrected chi connectivity index (χ4v) is 2.97. The van der Waals surface area contributed by atoms with Gasteiger partial charge in [-0.25, -0.2) is 8.42 Å². The van der Waals surface area contributed by atoms with Crippen LogP contribution in [0.5, 0.6) is 5.75 Å². The van der Waals surface area contributed by atoms with E-state index < -0.39 is 9.84 Å². The molecule has 0 bridgehead atoms. The molecule has 0 aliphatic carbocycles. The van der Waals surface area contributed by atoms with Crippen molar-refractivity contribution in [2.24, 2.45) is 5.73 Å². The number of hydrogen-bond acceptors (Lipinski definition) is 4. The third kappa shape index (κ3) is 6.48. The first-order valence-electron chi connectivity index (χ1n) is 7.39. The molecule has 1 unspecified atom stereocenters. The molecule has 0 spiro atoms. The fourth-order valence-electron chi connectivity index (χ4n) is 2.33. The Labute approximate surface area is 128 Å². The minimum atomic E-state index is -2.92. The molecule has 0 amide bonds. The zero-order valence-corrected chi connectivity index (χ0v) is 14.3. The minimum absolute atomic E-state index is 0.161. The lowest BCUT2D eigenvalue weighted by molar-refractivity contribution is 0.313. The van der Waals surface area contributed by atoms with Crippen LogP contribution in [-0.4, -0.2) is 33.1 Å². The normalized spacial score (nSPS) is 13.2. The maximum absolute atomic E-state index is 11.1. The molecule has 0 saturated carbocycles. The van der Waals surface area contributed by atoms with Crippen LogP contribution in [0.2, 0.25) is 0 Å². The van der Waals surface area contributed by atoms with Crippen molar-refractivity contribution in [3.63, 3.8) is 0 Å². The van der Waals surface area contributed by atoms with Gasteiger partial charge in [0, 0.05) is 12.3 Å². The van der Waals surface area contributed by atoms with E-state index in [-0.39, 0.29) is 11.8 Å². The number of nitrogens with two attached hydrogens (primary N) is 1. The van der Waals surface area contributed by atoms with Gasteiger partial charge in [0.05, 0.1) is 12.4 Å². The Bertz CT molecular complexity index is 544. The molecule has 1 aromatic rings. The summed E-state index contributed by atoms with van der Waals surface area (Å²) >= 11 is 0. The second kappa shape index (κ2) is 7.80. The van der Waals surface area contributed by atoms with Gasteiger partial charge in [0.1, 0.15) is 15.6 Å². The highest BCUT2D eigenvalue weighted by Crippen LogP contribution is 2.25. The summed E-state index contributed by atoms with van der Waals surface area (Å²) < 4.78 is 27.9. The van der Waals surface area contributed by atoms with Crippen LogP contribution in [0.25, 0.3) is 0 Å². The van der Waals surface area contributed by atoms with Crippen LogP contribution in [-0.2, 0) is 16.3 Å². The Morgan fingerprint density at radius 3 is 2.29 bits per heavy atom. The summed E-state index contributed by atoms with van der Waals surface area (Å²) in [6.45, 7) is 6.53. The second-order valence-electron chi connectivity index (χ2n) is 5.76. The van der Waals surface area contributed by atoms with Crippen LogP contribution in [0.15, 0.2) is 12.1 Å². The lowest BCUT2D eigenvalue weighted by Crippen LogP contribution is -2.21. The molecule has 0 saturated heterocycles. The summed E-state index contributed by atoms with van der Waals surface area (Å²) in [4.78, 5) is 0. The molecule has 0 fully saturated rings. The monoisotopic (exact) mass is 313 g/mol. The van der Waals surface area contributed by atoms with Gasteiger partial charge >= 0.3 is 0 Å². The number of hydrogen-bond donors (Lipinski definition) is 1. The molecule has 0 aliphatic heterocycles. The summed E-state index contributed by atoms with van der Waals surface area (Å²) in [6.07, 6.45) is 3.59. The van der Waals surface area contributed by atoms with E-state index in [0.717, 1.165) is 29.7 Å². The first kappa shape index (κ1) is 18.0. The second-order valence-corrected chi connectivity index (χ2v) is 8.02. The highest BCUT2D eigenvalue weighted by Gasteiger charge is 2.09. The number of benzene rings is 1. The van der Waals surface area contributed by atoms with Gasteiger partial charge in [-0.05, 0) is 49.8 Å². The van der Waals surface area contributed by atoms with Crippen molar-refractivity contribution in [1.82, 2.24) is 0 Å². The van der Waals surface area contributed by atoms with Crippen molar-refractivity contribution in [2.45, 2.75) is 46.1 Å². The van der Waals surface area contributed by atoms with E-state index in [0.29, 0.717) is 13.0 Å². The van der Waals surface area contributed by atoms with Crippen LogP contribution < -0.4 is 10.5 Å². The van der Waals surface area contributed by atoms with E-state index in [9.17, 15) is 8.42 Å². The molecule has 1 atom stereocenters. The topological polar surface area (TPSA) is 69.4 Å².